The van der Waals surface area contributed by atoms with E-state index in [0.29, 0.717) is 0 Å². The summed E-state index contributed by atoms with van der Waals surface area (Å²) in [5.74, 6) is 13.7. The molecule has 0 saturated heterocycles. The van der Waals surface area contributed by atoms with E-state index in [1.165, 1.54) is 58.3 Å². The molecule has 7 fully saturated rings. The molecule has 13 atom stereocenters. The highest BCUT2D eigenvalue weighted by Crippen LogP contribution is 2.68. The van der Waals surface area contributed by atoms with Crippen LogP contribution in [0.5, 0.6) is 0 Å². The second-order valence-corrected chi connectivity index (χ2v) is 19.3. The second kappa shape index (κ2) is 11.3. The van der Waals surface area contributed by atoms with Crippen molar-refractivity contribution in [2.45, 2.75) is 115 Å². The molecular formula is C46H56S. The fourth-order valence-corrected chi connectivity index (χ4v) is 16.9. The van der Waals surface area contributed by atoms with Gasteiger partial charge in [0.15, 0.2) is 0 Å². The lowest BCUT2D eigenvalue weighted by atomic mass is 9.40. The smallest absolute Gasteiger partial charge is 0.0433 e. The number of rotatable bonds is 1. The van der Waals surface area contributed by atoms with E-state index < -0.39 is 0 Å². The molecule has 3 aromatic carbocycles. The summed E-state index contributed by atoms with van der Waals surface area (Å²) in [5, 5.41) is 5.84. The van der Waals surface area contributed by atoms with Gasteiger partial charge in [-0.25, -0.2) is 0 Å². The molecule has 7 aliphatic carbocycles. The van der Waals surface area contributed by atoms with Gasteiger partial charge in [-0.1, -0.05) is 93.1 Å². The summed E-state index contributed by atoms with van der Waals surface area (Å²) in [6.07, 6.45) is 26.6. The van der Waals surface area contributed by atoms with E-state index in [1.54, 1.807) is 87.3 Å². The number of fused-ring (bicyclic) bond motifs is 17. The molecule has 0 aliphatic heterocycles. The van der Waals surface area contributed by atoms with Crippen LogP contribution in [0.3, 0.4) is 0 Å². The topological polar surface area (TPSA) is 0 Å². The lowest BCUT2D eigenvalue weighted by molar-refractivity contribution is -0.155. The van der Waals surface area contributed by atoms with Crippen LogP contribution >= 0.6 is 11.3 Å². The fourth-order valence-electron chi connectivity index (χ4n) is 15.5. The quantitative estimate of drug-likeness (QED) is 0.194. The summed E-state index contributed by atoms with van der Waals surface area (Å²) in [5.41, 5.74) is 1.71. The van der Waals surface area contributed by atoms with E-state index in [1.807, 2.05) is 0 Å². The first kappa shape index (κ1) is 28.9. The van der Waals surface area contributed by atoms with Crippen LogP contribution in [-0.2, 0) is 0 Å². The zero-order valence-corrected chi connectivity index (χ0v) is 29.4. The first-order valence-corrected chi connectivity index (χ1v) is 21.5. The summed E-state index contributed by atoms with van der Waals surface area (Å²) >= 11 is 2.11. The Kier molecular flexibility index (Phi) is 6.97. The minimum atomic E-state index is 0.759. The van der Waals surface area contributed by atoms with Gasteiger partial charge < -0.3 is 0 Å². The Morgan fingerprint density at radius 2 is 0.851 bits per heavy atom. The number of hydrogen-bond acceptors (Lipinski definition) is 1. The Balaban J connectivity index is 0.941. The summed E-state index contributed by atoms with van der Waals surface area (Å²) in [4.78, 5) is 0. The maximum absolute atomic E-state index is 2.56. The summed E-state index contributed by atoms with van der Waals surface area (Å²) in [6.45, 7) is 0. The largest absolute Gasteiger partial charge is 0.134 e. The van der Waals surface area contributed by atoms with Crippen molar-refractivity contribution in [3.63, 3.8) is 0 Å². The molecule has 1 heterocycles. The van der Waals surface area contributed by atoms with Gasteiger partial charge >= 0.3 is 0 Å². The summed E-state index contributed by atoms with van der Waals surface area (Å²) in [7, 11) is 0. The predicted molar refractivity (Wildman–Crippen MR) is 200 cm³/mol. The highest BCUT2D eigenvalue weighted by molar-refractivity contribution is 7.26. The van der Waals surface area contributed by atoms with Crippen LogP contribution in [0, 0.1) is 71.0 Å². The van der Waals surface area contributed by atoms with Gasteiger partial charge in [0.05, 0.1) is 0 Å². The highest BCUT2D eigenvalue weighted by atomic mass is 32.1. The summed E-state index contributed by atoms with van der Waals surface area (Å²) < 4.78 is 3.13. The van der Waals surface area contributed by atoms with Crippen molar-refractivity contribution in [2.24, 2.45) is 71.0 Å². The predicted octanol–water partition coefficient (Wildman–Crippen LogP) is 13.4. The van der Waals surface area contributed by atoms with Crippen LogP contribution in [0.4, 0.5) is 0 Å². The third-order valence-corrected chi connectivity index (χ3v) is 18.2. The van der Waals surface area contributed by atoms with Crippen molar-refractivity contribution < 1.29 is 0 Å². The average molecular weight is 641 g/mol. The average Bonchev–Trinajstić information content (AvgIpc) is 3.54. The minimum absolute atomic E-state index is 0.759. The van der Waals surface area contributed by atoms with Crippen molar-refractivity contribution >= 4 is 42.3 Å². The number of benzene rings is 3. The Morgan fingerprint density at radius 3 is 1.47 bits per heavy atom. The van der Waals surface area contributed by atoms with Crippen LogP contribution in [0.2, 0.25) is 0 Å². The van der Waals surface area contributed by atoms with Gasteiger partial charge in [0.2, 0.25) is 0 Å². The van der Waals surface area contributed by atoms with Gasteiger partial charge in [0.25, 0.3) is 0 Å². The molecule has 4 aromatic rings. The molecule has 0 nitrogen and oxygen atoms in total. The van der Waals surface area contributed by atoms with Gasteiger partial charge in [-0.05, 0) is 164 Å². The fraction of sp³-hybridized carbons (Fsp3) is 0.652. The molecule has 7 saturated carbocycles. The standard InChI is InChI=1S/C46H56S/c1-2-11-29-27(10-1)20-23-39-38-19-9-18-30(46(38)47-45(29)39)28-21-22-37-40(24-28)35-16-7-8-17-36(35)43-25-41-33-14-5-3-12-31(33)32-13-4-6-15-34(32)42(41)26-44(37)43/h1-2,9-11,18-20,23,28,31-37,40-44H,3-8,12-17,21-22,24-26H2. The molecule has 13 unspecified atom stereocenters. The third kappa shape index (κ3) is 4.36. The Morgan fingerprint density at radius 1 is 0.362 bits per heavy atom. The maximum Gasteiger partial charge on any atom is 0.0433 e. The Labute approximate surface area is 287 Å². The molecule has 0 spiro atoms. The van der Waals surface area contributed by atoms with E-state index in [0.717, 1.165) is 76.9 Å². The zero-order valence-electron chi connectivity index (χ0n) is 28.6. The Hall–Kier alpha value is -1.86. The van der Waals surface area contributed by atoms with E-state index >= 15 is 0 Å². The Bertz CT molecular complexity index is 1790. The molecule has 11 rings (SSSR count). The van der Waals surface area contributed by atoms with Crippen molar-refractivity contribution in [3.8, 4) is 0 Å². The SMILES string of the molecule is c1ccc2c(c1)ccc1c3cccc(C4CCC5C(C4)C4CCCCC4C4CC6C7CCCCC7C7CCCCC7C6CC54)c3sc21. The van der Waals surface area contributed by atoms with Crippen molar-refractivity contribution in [3.05, 3.63) is 60.2 Å². The molecule has 1 heteroatoms. The highest BCUT2D eigenvalue weighted by Gasteiger charge is 2.59. The zero-order chi connectivity index (χ0) is 30.6. The van der Waals surface area contributed by atoms with E-state index in [9.17, 15) is 0 Å². The lowest BCUT2D eigenvalue weighted by Gasteiger charge is -2.65. The molecule has 0 N–H and O–H groups in total. The van der Waals surface area contributed by atoms with E-state index in [2.05, 4.69) is 65.9 Å². The minimum Gasteiger partial charge on any atom is -0.134 e. The number of thiophene rings is 1. The van der Waals surface area contributed by atoms with Crippen molar-refractivity contribution in [1.29, 1.82) is 0 Å². The molecule has 246 valence electrons. The van der Waals surface area contributed by atoms with E-state index in [-0.39, 0.29) is 0 Å². The molecule has 0 amide bonds. The lowest BCUT2D eigenvalue weighted by Crippen LogP contribution is -2.57. The van der Waals surface area contributed by atoms with Crippen LogP contribution < -0.4 is 0 Å². The van der Waals surface area contributed by atoms with Crippen LogP contribution in [0.1, 0.15) is 121 Å². The van der Waals surface area contributed by atoms with E-state index in [4.69, 9.17) is 0 Å². The van der Waals surface area contributed by atoms with Crippen LogP contribution in [0.25, 0.3) is 30.9 Å². The van der Waals surface area contributed by atoms with Crippen molar-refractivity contribution in [2.75, 3.05) is 0 Å². The molecule has 7 aliphatic rings. The van der Waals surface area contributed by atoms with Gasteiger partial charge in [-0.15, -0.1) is 11.3 Å². The molecule has 0 radical (unpaired) electrons. The second-order valence-electron chi connectivity index (χ2n) is 18.3. The molecule has 1 aromatic heterocycles. The molecular weight excluding hydrogens is 585 g/mol. The van der Waals surface area contributed by atoms with Gasteiger partial charge in [0, 0.05) is 20.2 Å². The van der Waals surface area contributed by atoms with Crippen LogP contribution in [-0.4, -0.2) is 0 Å². The molecule has 47 heavy (non-hydrogen) atoms. The van der Waals surface area contributed by atoms with Gasteiger partial charge in [0.1, 0.15) is 0 Å². The maximum atomic E-state index is 2.56. The van der Waals surface area contributed by atoms with Crippen molar-refractivity contribution in [1.82, 2.24) is 0 Å². The first-order valence-electron chi connectivity index (χ1n) is 20.6. The van der Waals surface area contributed by atoms with Gasteiger partial charge in [-0.3, -0.25) is 0 Å². The first-order chi connectivity index (χ1) is 23.3. The summed E-state index contributed by atoms with van der Waals surface area (Å²) in [6, 6.07) is 21.2. The normalized spacial score (nSPS) is 42.9. The molecule has 0 bridgehead atoms. The van der Waals surface area contributed by atoms with Gasteiger partial charge in [-0.2, -0.15) is 0 Å². The van der Waals surface area contributed by atoms with Crippen LogP contribution in [0.15, 0.2) is 54.6 Å². The third-order valence-electron chi connectivity index (χ3n) is 16.9. The monoisotopic (exact) mass is 640 g/mol. The number of hydrogen-bond donors (Lipinski definition) is 0.